The highest BCUT2D eigenvalue weighted by atomic mass is 32.1. The van der Waals surface area contributed by atoms with Crippen molar-refractivity contribution < 1.29 is 14.4 Å². The molecule has 1 saturated heterocycles. The van der Waals surface area contributed by atoms with E-state index in [4.69, 9.17) is 0 Å². The molecule has 1 aromatic heterocycles. The molecule has 146 valence electrons. The van der Waals surface area contributed by atoms with Crippen molar-refractivity contribution in [3.63, 3.8) is 0 Å². The van der Waals surface area contributed by atoms with E-state index in [1.165, 1.54) is 18.3 Å². The Kier molecular flexibility index (Phi) is 4.83. The first-order valence-corrected chi connectivity index (χ1v) is 10.6. The van der Waals surface area contributed by atoms with Gasteiger partial charge in [-0.05, 0) is 48.4 Å². The molecule has 2 aliphatic heterocycles. The maximum Gasteiger partial charge on any atom is 0.237 e. The van der Waals surface area contributed by atoms with Crippen LogP contribution in [-0.4, -0.2) is 35.1 Å². The Hall–Kier alpha value is -2.47. The third-order valence-electron chi connectivity index (χ3n) is 5.99. The van der Waals surface area contributed by atoms with Crippen LogP contribution in [0.2, 0.25) is 0 Å². The summed E-state index contributed by atoms with van der Waals surface area (Å²) in [6.45, 7) is 4.20. The molecule has 2 amide bonds. The number of nitrogens with one attached hydrogen (secondary N) is 1. The third-order valence-corrected chi connectivity index (χ3v) is 7.07. The lowest BCUT2D eigenvalue weighted by molar-refractivity contribution is -0.132. The minimum Gasteiger partial charge on any atom is -0.338 e. The summed E-state index contributed by atoms with van der Waals surface area (Å²) in [5.41, 5.74) is 2.10. The van der Waals surface area contributed by atoms with E-state index in [-0.39, 0.29) is 30.1 Å². The van der Waals surface area contributed by atoms with Gasteiger partial charge in [0.1, 0.15) is 0 Å². The van der Waals surface area contributed by atoms with Gasteiger partial charge in [-0.3, -0.25) is 14.4 Å². The van der Waals surface area contributed by atoms with Crippen LogP contribution in [-0.2, 0) is 21.4 Å². The normalized spacial score (nSPS) is 23.1. The van der Waals surface area contributed by atoms with E-state index >= 15 is 0 Å². The molecule has 0 saturated carbocycles. The zero-order valence-electron chi connectivity index (χ0n) is 16.2. The molecule has 5 nitrogen and oxygen atoms in total. The fourth-order valence-electron chi connectivity index (χ4n) is 4.70. The molecule has 1 N–H and O–H groups in total. The van der Waals surface area contributed by atoms with Gasteiger partial charge in [0.2, 0.25) is 11.8 Å². The highest BCUT2D eigenvalue weighted by Crippen LogP contribution is 2.49. The number of carbonyl (C=O) groups is 3. The first-order chi connectivity index (χ1) is 13.5. The Morgan fingerprint density at radius 2 is 2.11 bits per heavy atom. The Labute approximate surface area is 168 Å². The summed E-state index contributed by atoms with van der Waals surface area (Å²) < 4.78 is 0. The van der Waals surface area contributed by atoms with Crippen molar-refractivity contribution in [3.8, 4) is 0 Å². The van der Waals surface area contributed by atoms with Crippen molar-refractivity contribution in [1.82, 2.24) is 4.90 Å². The minimum absolute atomic E-state index is 0.0110. The summed E-state index contributed by atoms with van der Waals surface area (Å²) in [5.74, 6) is 0.0594. The molecule has 6 heteroatoms. The van der Waals surface area contributed by atoms with Crippen LogP contribution in [0.25, 0.3) is 0 Å². The number of para-hydroxylation sites is 1. The molecule has 0 radical (unpaired) electrons. The third kappa shape index (κ3) is 2.87. The van der Waals surface area contributed by atoms with Gasteiger partial charge in [-0.25, -0.2) is 0 Å². The summed E-state index contributed by atoms with van der Waals surface area (Å²) in [5, 5.41) is 4.91. The molecular formula is C22H24N2O3S. The van der Waals surface area contributed by atoms with Gasteiger partial charge in [0.15, 0.2) is 5.78 Å². The van der Waals surface area contributed by atoms with E-state index in [1.54, 1.807) is 0 Å². The highest BCUT2D eigenvalue weighted by Gasteiger charge is 2.58. The van der Waals surface area contributed by atoms with Crippen LogP contribution < -0.4 is 5.32 Å². The average molecular weight is 397 g/mol. The van der Waals surface area contributed by atoms with Gasteiger partial charge in [-0.15, -0.1) is 11.3 Å². The highest BCUT2D eigenvalue weighted by molar-refractivity contribution is 7.12. The van der Waals surface area contributed by atoms with Crippen LogP contribution in [0, 0.1) is 0 Å². The summed E-state index contributed by atoms with van der Waals surface area (Å²) in [6.07, 6.45) is 2.60. The van der Waals surface area contributed by atoms with Crippen molar-refractivity contribution in [2.24, 2.45) is 0 Å². The van der Waals surface area contributed by atoms with Gasteiger partial charge in [0.05, 0.1) is 22.8 Å². The lowest BCUT2D eigenvalue weighted by atomic mass is 9.73. The Morgan fingerprint density at radius 3 is 2.82 bits per heavy atom. The second-order valence-electron chi connectivity index (χ2n) is 7.66. The first kappa shape index (κ1) is 18.9. The van der Waals surface area contributed by atoms with Crippen molar-refractivity contribution >= 4 is 34.6 Å². The number of anilines is 1. The van der Waals surface area contributed by atoms with Gasteiger partial charge in [0.25, 0.3) is 0 Å². The summed E-state index contributed by atoms with van der Waals surface area (Å²) in [6, 6.07) is 9.51. The van der Waals surface area contributed by atoms with Gasteiger partial charge < -0.3 is 10.2 Å². The maximum atomic E-state index is 13.2. The Bertz CT molecular complexity index is 951. The molecule has 0 aliphatic carbocycles. The molecule has 0 unspecified atom stereocenters. The van der Waals surface area contributed by atoms with E-state index in [0.717, 1.165) is 29.7 Å². The van der Waals surface area contributed by atoms with Crippen LogP contribution in [0.5, 0.6) is 0 Å². The molecule has 1 aromatic carbocycles. The van der Waals surface area contributed by atoms with E-state index in [0.29, 0.717) is 17.8 Å². The lowest BCUT2D eigenvalue weighted by Gasteiger charge is -2.34. The van der Waals surface area contributed by atoms with Gasteiger partial charge in [-0.1, -0.05) is 31.5 Å². The SMILES string of the molecule is CCC[C@@H]1N(C(=O)Cc2csc(C(C)=O)c2)CC[C@]12C(=O)Nc1ccccc12. The number of carbonyl (C=O) groups excluding carboxylic acids is 3. The van der Waals surface area contributed by atoms with E-state index in [1.807, 2.05) is 40.6 Å². The number of Topliss-reactive ketones (excluding diaryl/α,β-unsaturated/α-hetero) is 1. The van der Waals surface area contributed by atoms with Crippen molar-refractivity contribution in [2.45, 2.75) is 51.0 Å². The molecule has 1 fully saturated rings. The predicted molar refractivity (Wildman–Crippen MR) is 110 cm³/mol. The maximum absolute atomic E-state index is 13.2. The molecule has 2 aromatic rings. The minimum atomic E-state index is -0.651. The van der Waals surface area contributed by atoms with Crippen molar-refractivity contribution in [3.05, 3.63) is 51.7 Å². The fraction of sp³-hybridized carbons (Fsp3) is 0.409. The number of thiophene rings is 1. The second-order valence-corrected chi connectivity index (χ2v) is 8.58. The predicted octanol–water partition coefficient (Wildman–Crippen LogP) is 3.78. The Morgan fingerprint density at radius 1 is 1.32 bits per heavy atom. The summed E-state index contributed by atoms with van der Waals surface area (Å²) >= 11 is 1.38. The molecule has 4 rings (SSSR count). The number of hydrogen-bond acceptors (Lipinski definition) is 4. The second kappa shape index (κ2) is 7.17. The van der Waals surface area contributed by atoms with Crippen LogP contribution in [0.4, 0.5) is 5.69 Å². The summed E-state index contributed by atoms with van der Waals surface area (Å²) in [7, 11) is 0. The zero-order chi connectivity index (χ0) is 19.9. The molecular weight excluding hydrogens is 372 g/mol. The standard InChI is InChI=1S/C22H24N2O3S/c1-3-6-19-22(16-7-4-5-8-17(16)23-21(22)27)9-10-24(19)20(26)12-15-11-18(14(2)25)28-13-15/h4-5,7-8,11,13,19H,3,6,9-10,12H2,1-2H3,(H,23,27)/t19-,22+/m0/s1. The topological polar surface area (TPSA) is 66.5 Å². The van der Waals surface area contributed by atoms with Gasteiger partial charge >= 0.3 is 0 Å². The number of hydrogen-bond donors (Lipinski definition) is 1. The number of ketones is 1. The number of fused-ring (bicyclic) bond motifs is 2. The molecule has 2 aliphatic rings. The first-order valence-electron chi connectivity index (χ1n) is 9.76. The van der Waals surface area contributed by atoms with Crippen LogP contribution in [0.3, 0.4) is 0 Å². The van der Waals surface area contributed by atoms with E-state index < -0.39 is 5.41 Å². The number of nitrogens with zero attached hydrogens (tertiary/aromatic N) is 1. The zero-order valence-corrected chi connectivity index (χ0v) is 17.0. The van der Waals surface area contributed by atoms with Crippen molar-refractivity contribution in [1.29, 1.82) is 0 Å². The number of likely N-dealkylation sites (tertiary alicyclic amines) is 1. The van der Waals surface area contributed by atoms with Crippen LogP contribution >= 0.6 is 11.3 Å². The average Bonchev–Trinajstić information content (AvgIpc) is 3.35. The number of amides is 2. The Balaban J connectivity index is 1.63. The van der Waals surface area contributed by atoms with Crippen LogP contribution in [0.15, 0.2) is 35.7 Å². The van der Waals surface area contributed by atoms with E-state index in [2.05, 4.69) is 12.2 Å². The van der Waals surface area contributed by atoms with Gasteiger partial charge in [0, 0.05) is 12.2 Å². The smallest absolute Gasteiger partial charge is 0.237 e. The number of rotatable bonds is 5. The quantitative estimate of drug-likeness (QED) is 0.782. The van der Waals surface area contributed by atoms with Crippen LogP contribution in [0.1, 0.15) is 53.9 Å². The lowest BCUT2D eigenvalue weighted by Crippen LogP contribution is -2.49. The molecule has 0 bridgehead atoms. The molecule has 3 heterocycles. The number of benzene rings is 1. The largest absolute Gasteiger partial charge is 0.338 e. The fourth-order valence-corrected chi connectivity index (χ4v) is 5.52. The van der Waals surface area contributed by atoms with Crippen molar-refractivity contribution in [2.75, 3.05) is 11.9 Å². The monoisotopic (exact) mass is 396 g/mol. The molecule has 28 heavy (non-hydrogen) atoms. The molecule has 1 spiro atoms. The van der Waals surface area contributed by atoms with E-state index in [9.17, 15) is 14.4 Å². The van der Waals surface area contributed by atoms with Gasteiger partial charge in [-0.2, -0.15) is 0 Å². The summed E-state index contributed by atoms with van der Waals surface area (Å²) in [4.78, 5) is 40.3. The molecule has 2 atom stereocenters.